The lowest BCUT2D eigenvalue weighted by Gasteiger charge is -2.45. The molecular formula is C21H40O2. The molecule has 1 aliphatic carbocycles. The van der Waals surface area contributed by atoms with Gasteiger partial charge in [-0.25, -0.2) is 0 Å². The predicted octanol–water partition coefficient (Wildman–Crippen LogP) is 6.33. The summed E-state index contributed by atoms with van der Waals surface area (Å²) in [6, 6.07) is 0. The van der Waals surface area contributed by atoms with Crippen LogP contribution >= 0.6 is 0 Å². The molecule has 0 radical (unpaired) electrons. The van der Waals surface area contributed by atoms with Crippen molar-refractivity contribution in [3.05, 3.63) is 0 Å². The second kappa shape index (κ2) is 10.0. The van der Waals surface area contributed by atoms with Gasteiger partial charge in [0.25, 0.3) is 0 Å². The lowest BCUT2D eigenvalue weighted by Crippen LogP contribution is -2.45. The normalized spacial score (nSPS) is 35.3. The molecule has 0 N–H and O–H groups in total. The Bertz CT molecular complexity index is 299. The van der Waals surface area contributed by atoms with Gasteiger partial charge in [0.1, 0.15) is 0 Å². The molecule has 136 valence electrons. The molecule has 2 heteroatoms. The van der Waals surface area contributed by atoms with Crippen LogP contribution in [0, 0.1) is 17.3 Å². The molecule has 2 nitrogen and oxygen atoms in total. The molecule has 0 atom stereocenters. The average Bonchev–Trinajstić information content (AvgIpc) is 2.58. The first kappa shape index (κ1) is 19.2. The summed E-state index contributed by atoms with van der Waals surface area (Å²) < 4.78 is 12.2. The van der Waals surface area contributed by atoms with Crippen molar-refractivity contribution in [1.82, 2.24) is 0 Å². The fourth-order valence-electron chi connectivity index (χ4n) is 4.45. The largest absolute Gasteiger partial charge is 0.352 e. The summed E-state index contributed by atoms with van der Waals surface area (Å²) in [6.07, 6.45) is 16.3. The van der Waals surface area contributed by atoms with Crippen molar-refractivity contribution in [2.75, 3.05) is 13.2 Å². The monoisotopic (exact) mass is 324 g/mol. The fourth-order valence-corrected chi connectivity index (χ4v) is 4.45. The highest BCUT2D eigenvalue weighted by atomic mass is 16.7. The van der Waals surface area contributed by atoms with E-state index < -0.39 is 0 Å². The Hall–Kier alpha value is -0.0800. The second-order valence-electron chi connectivity index (χ2n) is 8.41. The Labute approximate surface area is 144 Å². The van der Waals surface area contributed by atoms with Gasteiger partial charge in [0.2, 0.25) is 0 Å². The van der Waals surface area contributed by atoms with Crippen LogP contribution < -0.4 is 0 Å². The van der Waals surface area contributed by atoms with Gasteiger partial charge in [-0.05, 0) is 37.5 Å². The minimum Gasteiger partial charge on any atom is -0.352 e. The van der Waals surface area contributed by atoms with Gasteiger partial charge in [0, 0.05) is 5.41 Å². The molecule has 0 aromatic rings. The van der Waals surface area contributed by atoms with Crippen molar-refractivity contribution < 1.29 is 9.47 Å². The number of hydrogen-bond donors (Lipinski definition) is 0. The third-order valence-electron chi connectivity index (χ3n) is 6.29. The van der Waals surface area contributed by atoms with Gasteiger partial charge < -0.3 is 9.47 Å². The van der Waals surface area contributed by atoms with E-state index in [1.54, 1.807) is 0 Å². The maximum absolute atomic E-state index is 6.08. The van der Waals surface area contributed by atoms with Crippen LogP contribution in [0.1, 0.15) is 97.8 Å². The second-order valence-corrected chi connectivity index (χ2v) is 8.41. The van der Waals surface area contributed by atoms with Gasteiger partial charge in [-0.3, -0.25) is 0 Å². The van der Waals surface area contributed by atoms with Gasteiger partial charge in [-0.15, -0.1) is 0 Å². The summed E-state index contributed by atoms with van der Waals surface area (Å²) in [4.78, 5) is 0. The molecule has 0 aromatic carbocycles. The average molecular weight is 325 g/mol. The van der Waals surface area contributed by atoms with E-state index in [0.29, 0.717) is 0 Å². The number of rotatable bonds is 9. The molecule has 0 amide bonds. The molecule has 0 spiro atoms. The van der Waals surface area contributed by atoms with Crippen molar-refractivity contribution in [3.8, 4) is 0 Å². The highest BCUT2D eigenvalue weighted by Gasteiger charge is 2.40. The zero-order chi connectivity index (χ0) is 16.5. The predicted molar refractivity (Wildman–Crippen MR) is 97.5 cm³/mol. The van der Waals surface area contributed by atoms with Crippen LogP contribution in [0.2, 0.25) is 0 Å². The molecule has 1 heterocycles. The third kappa shape index (κ3) is 6.05. The first-order valence-corrected chi connectivity index (χ1v) is 10.4. The standard InChI is InChI=1S/C21H40O2/c1-4-6-8-10-18-12-14-19(15-13-18)21(3)16-22-20(23-17-21)11-9-7-5-2/h18-20H,4-17H2,1-3H3. The van der Waals surface area contributed by atoms with E-state index in [-0.39, 0.29) is 11.7 Å². The minimum absolute atomic E-state index is 0.0695. The molecule has 23 heavy (non-hydrogen) atoms. The van der Waals surface area contributed by atoms with Crippen LogP contribution in [0.5, 0.6) is 0 Å². The van der Waals surface area contributed by atoms with Crippen molar-refractivity contribution >= 4 is 0 Å². The van der Waals surface area contributed by atoms with Gasteiger partial charge in [0.15, 0.2) is 6.29 Å². The first-order valence-electron chi connectivity index (χ1n) is 10.4. The maximum Gasteiger partial charge on any atom is 0.157 e. The van der Waals surface area contributed by atoms with Crippen LogP contribution in [0.3, 0.4) is 0 Å². The highest BCUT2D eigenvalue weighted by molar-refractivity contribution is 4.88. The Morgan fingerprint density at radius 1 is 0.783 bits per heavy atom. The Balaban J connectivity index is 1.67. The molecule has 0 bridgehead atoms. The summed E-state index contributed by atoms with van der Waals surface area (Å²) in [5.41, 5.74) is 0.260. The topological polar surface area (TPSA) is 18.5 Å². The molecule has 1 saturated carbocycles. The van der Waals surface area contributed by atoms with Crippen LogP contribution in [-0.4, -0.2) is 19.5 Å². The van der Waals surface area contributed by atoms with Crippen molar-refractivity contribution in [1.29, 1.82) is 0 Å². The van der Waals surface area contributed by atoms with E-state index in [1.807, 2.05) is 0 Å². The molecule has 1 saturated heterocycles. The molecule has 0 unspecified atom stereocenters. The molecule has 0 aromatic heterocycles. The summed E-state index contributed by atoms with van der Waals surface area (Å²) in [5.74, 6) is 1.80. The van der Waals surface area contributed by atoms with Gasteiger partial charge in [-0.1, -0.05) is 72.1 Å². The van der Waals surface area contributed by atoms with E-state index in [2.05, 4.69) is 20.8 Å². The summed E-state index contributed by atoms with van der Waals surface area (Å²) in [5, 5.41) is 0. The number of hydrogen-bond acceptors (Lipinski definition) is 2. The lowest BCUT2D eigenvalue weighted by molar-refractivity contribution is -0.241. The third-order valence-corrected chi connectivity index (χ3v) is 6.29. The van der Waals surface area contributed by atoms with E-state index in [1.165, 1.54) is 70.6 Å². The zero-order valence-corrected chi connectivity index (χ0v) is 15.9. The van der Waals surface area contributed by atoms with E-state index >= 15 is 0 Å². The van der Waals surface area contributed by atoms with Crippen molar-refractivity contribution in [3.63, 3.8) is 0 Å². The minimum atomic E-state index is 0.0695. The van der Waals surface area contributed by atoms with Gasteiger partial charge >= 0.3 is 0 Å². The molecule has 2 fully saturated rings. The molecular weight excluding hydrogens is 284 g/mol. The highest BCUT2D eigenvalue weighted by Crippen LogP contribution is 2.44. The van der Waals surface area contributed by atoms with Gasteiger partial charge in [0.05, 0.1) is 13.2 Å². The number of ether oxygens (including phenoxy) is 2. The summed E-state index contributed by atoms with van der Waals surface area (Å²) >= 11 is 0. The quantitative estimate of drug-likeness (QED) is 0.461. The van der Waals surface area contributed by atoms with Crippen molar-refractivity contribution in [2.24, 2.45) is 17.3 Å². The Morgan fingerprint density at radius 3 is 1.91 bits per heavy atom. The van der Waals surface area contributed by atoms with Gasteiger partial charge in [-0.2, -0.15) is 0 Å². The van der Waals surface area contributed by atoms with Crippen LogP contribution in [0.4, 0.5) is 0 Å². The summed E-state index contributed by atoms with van der Waals surface area (Å²) in [6.45, 7) is 8.77. The maximum atomic E-state index is 6.08. The SMILES string of the molecule is CCCCCC1CCC(C2(C)COC(CCCCC)OC2)CC1. The first-order chi connectivity index (χ1) is 11.2. The Morgan fingerprint density at radius 2 is 1.35 bits per heavy atom. The van der Waals surface area contributed by atoms with Crippen LogP contribution in [0.15, 0.2) is 0 Å². The van der Waals surface area contributed by atoms with E-state index in [0.717, 1.165) is 31.5 Å². The van der Waals surface area contributed by atoms with Crippen LogP contribution in [-0.2, 0) is 9.47 Å². The fraction of sp³-hybridized carbons (Fsp3) is 1.00. The smallest absolute Gasteiger partial charge is 0.157 e. The summed E-state index contributed by atoms with van der Waals surface area (Å²) in [7, 11) is 0. The number of unbranched alkanes of at least 4 members (excludes halogenated alkanes) is 4. The van der Waals surface area contributed by atoms with E-state index in [4.69, 9.17) is 9.47 Å². The molecule has 2 aliphatic rings. The molecule has 1 aliphatic heterocycles. The lowest BCUT2D eigenvalue weighted by atomic mass is 9.67. The Kier molecular flexibility index (Phi) is 8.40. The molecule has 2 rings (SSSR count). The van der Waals surface area contributed by atoms with E-state index in [9.17, 15) is 0 Å². The zero-order valence-electron chi connectivity index (χ0n) is 15.9. The van der Waals surface area contributed by atoms with Crippen molar-refractivity contribution in [2.45, 2.75) is 104 Å². The van der Waals surface area contributed by atoms with Crippen LogP contribution in [0.25, 0.3) is 0 Å².